The minimum absolute atomic E-state index is 0.755. The van der Waals surface area contributed by atoms with Crippen LogP contribution in [0.5, 0.6) is 0 Å². The molecule has 5 heteroatoms. The Morgan fingerprint density at radius 2 is 2.10 bits per heavy atom. The van der Waals surface area contributed by atoms with Gasteiger partial charge in [0.1, 0.15) is 0 Å². The molecule has 1 aliphatic heterocycles. The first-order valence-corrected chi connectivity index (χ1v) is 9.08. The summed E-state index contributed by atoms with van der Waals surface area (Å²) in [6.07, 6.45) is 5.66. The summed E-state index contributed by atoms with van der Waals surface area (Å²) in [7, 11) is 0. The molecular formula is C16H26N4S. The highest BCUT2D eigenvalue weighted by Gasteiger charge is 2.35. The van der Waals surface area contributed by atoms with Crippen LogP contribution in [0.1, 0.15) is 43.2 Å². The fraction of sp³-hybridized carbons (Fsp3) is 0.750. The van der Waals surface area contributed by atoms with Gasteiger partial charge in [-0.05, 0) is 38.5 Å². The maximum Gasteiger partial charge on any atom is 0.194 e. The van der Waals surface area contributed by atoms with E-state index in [0.29, 0.717) is 0 Å². The highest BCUT2D eigenvalue weighted by molar-refractivity contribution is 7.09. The van der Waals surface area contributed by atoms with Gasteiger partial charge in [-0.1, -0.05) is 12.8 Å². The van der Waals surface area contributed by atoms with Gasteiger partial charge in [0.05, 0.1) is 17.7 Å². The lowest BCUT2D eigenvalue weighted by Gasteiger charge is -2.22. The Bertz CT molecular complexity index is 482. The van der Waals surface area contributed by atoms with Gasteiger partial charge in [0.15, 0.2) is 5.96 Å². The fourth-order valence-electron chi connectivity index (χ4n) is 3.63. The van der Waals surface area contributed by atoms with Crippen LogP contribution >= 0.6 is 11.3 Å². The smallest absolute Gasteiger partial charge is 0.194 e. The molecule has 0 radical (unpaired) electrons. The summed E-state index contributed by atoms with van der Waals surface area (Å²) in [6.45, 7) is 8.29. The SMILES string of the molecule is CCNC(=NCc1scnc1C)N1CC2CCCCC2C1. The minimum Gasteiger partial charge on any atom is -0.357 e. The van der Waals surface area contributed by atoms with Gasteiger partial charge in [-0.2, -0.15) is 0 Å². The monoisotopic (exact) mass is 306 g/mol. The zero-order chi connectivity index (χ0) is 14.7. The summed E-state index contributed by atoms with van der Waals surface area (Å²) in [5.74, 6) is 2.89. The van der Waals surface area contributed by atoms with E-state index in [9.17, 15) is 0 Å². The number of nitrogens with one attached hydrogen (secondary N) is 1. The number of aromatic nitrogens is 1. The molecule has 2 atom stereocenters. The Morgan fingerprint density at radius 1 is 1.38 bits per heavy atom. The molecule has 1 aliphatic carbocycles. The Kier molecular flexibility index (Phi) is 4.78. The van der Waals surface area contributed by atoms with Gasteiger partial charge >= 0.3 is 0 Å². The molecule has 2 aliphatic rings. The van der Waals surface area contributed by atoms with Crippen molar-refractivity contribution in [1.82, 2.24) is 15.2 Å². The predicted octanol–water partition coefficient (Wildman–Crippen LogP) is 3.04. The average Bonchev–Trinajstić information content (AvgIpc) is 3.09. The summed E-state index contributed by atoms with van der Waals surface area (Å²) in [4.78, 5) is 12.9. The van der Waals surface area contributed by atoms with Crippen molar-refractivity contribution in [2.45, 2.75) is 46.1 Å². The Morgan fingerprint density at radius 3 is 2.67 bits per heavy atom. The van der Waals surface area contributed by atoms with Gasteiger partial charge in [-0.25, -0.2) is 9.98 Å². The molecule has 2 unspecified atom stereocenters. The lowest BCUT2D eigenvalue weighted by molar-refractivity contribution is 0.299. The van der Waals surface area contributed by atoms with Crippen molar-refractivity contribution in [1.29, 1.82) is 0 Å². The number of fused-ring (bicyclic) bond motifs is 1. The van der Waals surface area contributed by atoms with Crippen LogP contribution in [-0.4, -0.2) is 35.5 Å². The number of guanidine groups is 1. The van der Waals surface area contributed by atoms with Crippen LogP contribution in [0.3, 0.4) is 0 Å². The third-order valence-corrected chi connectivity index (χ3v) is 5.75. The molecule has 116 valence electrons. The summed E-state index contributed by atoms with van der Waals surface area (Å²) in [5.41, 5.74) is 3.03. The lowest BCUT2D eigenvalue weighted by atomic mass is 9.82. The normalized spacial score (nSPS) is 26.0. The quantitative estimate of drug-likeness (QED) is 0.689. The van der Waals surface area contributed by atoms with Crippen LogP contribution < -0.4 is 5.32 Å². The summed E-state index contributed by atoms with van der Waals surface area (Å²) < 4.78 is 0. The van der Waals surface area contributed by atoms with Crippen molar-refractivity contribution < 1.29 is 0 Å². The molecule has 0 bridgehead atoms. The number of aryl methyl sites for hydroxylation is 1. The fourth-order valence-corrected chi connectivity index (χ4v) is 4.33. The van der Waals surface area contributed by atoms with E-state index in [4.69, 9.17) is 4.99 Å². The molecule has 21 heavy (non-hydrogen) atoms. The van der Waals surface area contributed by atoms with E-state index in [1.807, 2.05) is 5.51 Å². The van der Waals surface area contributed by atoms with Crippen molar-refractivity contribution in [3.63, 3.8) is 0 Å². The van der Waals surface area contributed by atoms with Crippen LogP contribution in [0.2, 0.25) is 0 Å². The summed E-state index contributed by atoms with van der Waals surface area (Å²) >= 11 is 1.71. The lowest BCUT2D eigenvalue weighted by Crippen LogP contribution is -2.40. The van der Waals surface area contributed by atoms with Crippen molar-refractivity contribution >= 4 is 17.3 Å². The zero-order valence-electron chi connectivity index (χ0n) is 13.1. The molecule has 0 aromatic carbocycles. The van der Waals surface area contributed by atoms with Gasteiger partial charge in [0, 0.05) is 24.5 Å². The molecule has 1 N–H and O–H groups in total. The molecule has 0 spiro atoms. The molecule has 1 aromatic rings. The van der Waals surface area contributed by atoms with Crippen molar-refractivity contribution in [3.8, 4) is 0 Å². The minimum atomic E-state index is 0.755. The molecule has 2 fully saturated rings. The zero-order valence-corrected chi connectivity index (χ0v) is 14.0. The second kappa shape index (κ2) is 6.77. The Hall–Kier alpha value is -1.10. The molecule has 4 nitrogen and oxygen atoms in total. The van der Waals surface area contributed by atoms with E-state index in [-0.39, 0.29) is 0 Å². The van der Waals surface area contributed by atoms with Crippen LogP contribution in [0.15, 0.2) is 10.5 Å². The van der Waals surface area contributed by atoms with E-state index >= 15 is 0 Å². The highest BCUT2D eigenvalue weighted by atomic mass is 32.1. The molecular weight excluding hydrogens is 280 g/mol. The highest BCUT2D eigenvalue weighted by Crippen LogP contribution is 2.36. The van der Waals surface area contributed by atoms with Gasteiger partial charge in [0.2, 0.25) is 0 Å². The third-order valence-electron chi connectivity index (χ3n) is 4.83. The number of hydrogen-bond donors (Lipinski definition) is 1. The third kappa shape index (κ3) is 3.39. The van der Waals surface area contributed by atoms with Crippen molar-refractivity contribution in [3.05, 3.63) is 16.1 Å². The van der Waals surface area contributed by atoms with Gasteiger partial charge in [-0.3, -0.25) is 0 Å². The Balaban J connectivity index is 1.68. The summed E-state index contributed by atoms with van der Waals surface area (Å²) in [5, 5.41) is 3.48. The molecule has 1 saturated heterocycles. The first kappa shape index (κ1) is 14.8. The topological polar surface area (TPSA) is 40.5 Å². The second-order valence-electron chi connectivity index (χ2n) is 6.24. The van der Waals surface area contributed by atoms with E-state index < -0.39 is 0 Å². The maximum atomic E-state index is 4.86. The van der Waals surface area contributed by atoms with Crippen LogP contribution in [-0.2, 0) is 6.54 Å². The van der Waals surface area contributed by atoms with Crippen molar-refractivity contribution in [2.24, 2.45) is 16.8 Å². The van der Waals surface area contributed by atoms with E-state index in [0.717, 1.165) is 36.6 Å². The van der Waals surface area contributed by atoms with Crippen LogP contribution in [0, 0.1) is 18.8 Å². The average molecular weight is 306 g/mol. The number of hydrogen-bond acceptors (Lipinski definition) is 3. The van der Waals surface area contributed by atoms with Crippen LogP contribution in [0.25, 0.3) is 0 Å². The first-order chi connectivity index (χ1) is 10.3. The maximum absolute atomic E-state index is 4.86. The number of nitrogens with zero attached hydrogens (tertiary/aromatic N) is 3. The molecule has 1 aromatic heterocycles. The standard InChI is InChI=1S/C16H26N4S/c1-3-17-16(18-8-15-12(2)19-11-21-15)20-9-13-6-4-5-7-14(13)10-20/h11,13-14H,3-10H2,1-2H3,(H,17,18). The second-order valence-corrected chi connectivity index (χ2v) is 7.18. The van der Waals surface area contributed by atoms with Gasteiger partial charge in [0.25, 0.3) is 0 Å². The molecule has 0 amide bonds. The van der Waals surface area contributed by atoms with Gasteiger partial charge < -0.3 is 10.2 Å². The number of thiazole rings is 1. The summed E-state index contributed by atoms with van der Waals surface area (Å²) in [6, 6.07) is 0. The predicted molar refractivity (Wildman–Crippen MR) is 88.7 cm³/mol. The molecule has 2 heterocycles. The largest absolute Gasteiger partial charge is 0.357 e. The van der Waals surface area contributed by atoms with E-state index in [1.165, 1.54) is 43.6 Å². The number of likely N-dealkylation sites (tertiary alicyclic amines) is 1. The number of aliphatic imine (C=N–C) groups is 1. The van der Waals surface area contributed by atoms with Crippen LogP contribution in [0.4, 0.5) is 0 Å². The first-order valence-electron chi connectivity index (χ1n) is 8.20. The van der Waals surface area contributed by atoms with E-state index in [2.05, 4.69) is 29.0 Å². The number of rotatable bonds is 3. The Labute approximate surface area is 131 Å². The van der Waals surface area contributed by atoms with E-state index in [1.54, 1.807) is 11.3 Å². The molecule has 3 rings (SSSR count). The van der Waals surface area contributed by atoms with Gasteiger partial charge in [-0.15, -0.1) is 11.3 Å². The van der Waals surface area contributed by atoms with Crippen molar-refractivity contribution in [2.75, 3.05) is 19.6 Å². The molecule has 1 saturated carbocycles.